The van der Waals surface area contributed by atoms with Crippen LogP contribution in [-0.4, -0.2) is 55.4 Å². The zero-order valence-corrected chi connectivity index (χ0v) is 11.2. The molecule has 0 bridgehead atoms. The van der Waals surface area contributed by atoms with Gasteiger partial charge in [0, 0.05) is 50.0 Å². The van der Waals surface area contributed by atoms with Crippen molar-refractivity contribution in [3.8, 4) is 0 Å². The van der Waals surface area contributed by atoms with Crippen molar-refractivity contribution in [2.75, 3.05) is 44.2 Å². The van der Waals surface area contributed by atoms with Gasteiger partial charge in [-0.1, -0.05) is 17.7 Å². The Kier molecular flexibility index (Phi) is 4.83. The van der Waals surface area contributed by atoms with E-state index >= 15 is 0 Å². The van der Waals surface area contributed by atoms with Gasteiger partial charge in [-0.05, 0) is 18.2 Å². The van der Waals surface area contributed by atoms with Crippen LogP contribution in [0.25, 0.3) is 0 Å². The molecule has 1 atom stereocenters. The van der Waals surface area contributed by atoms with Crippen molar-refractivity contribution >= 4 is 17.3 Å². The van der Waals surface area contributed by atoms with Gasteiger partial charge in [0.05, 0.1) is 6.10 Å². The van der Waals surface area contributed by atoms with Crippen molar-refractivity contribution in [3.63, 3.8) is 0 Å². The zero-order chi connectivity index (χ0) is 13.0. The molecule has 18 heavy (non-hydrogen) atoms. The number of benzene rings is 1. The lowest BCUT2D eigenvalue weighted by atomic mass is 10.2. The van der Waals surface area contributed by atoms with E-state index in [9.17, 15) is 5.11 Å². The van der Waals surface area contributed by atoms with Crippen molar-refractivity contribution in [2.24, 2.45) is 5.73 Å². The molecule has 1 aliphatic heterocycles. The predicted molar refractivity (Wildman–Crippen MR) is 75.2 cm³/mol. The Morgan fingerprint density at radius 3 is 2.61 bits per heavy atom. The van der Waals surface area contributed by atoms with E-state index < -0.39 is 6.10 Å². The van der Waals surface area contributed by atoms with Gasteiger partial charge in [-0.3, -0.25) is 4.90 Å². The van der Waals surface area contributed by atoms with Crippen molar-refractivity contribution in [1.29, 1.82) is 0 Å². The number of piperazine rings is 1. The van der Waals surface area contributed by atoms with Crippen molar-refractivity contribution in [2.45, 2.75) is 6.10 Å². The van der Waals surface area contributed by atoms with Gasteiger partial charge in [0.1, 0.15) is 0 Å². The number of β-amino-alcohol motifs (C(OH)–C–C–N with tert-alkyl or cyclic N) is 1. The molecule has 1 aliphatic rings. The first kappa shape index (κ1) is 13.6. The summed E-state index contributed by atoms with van der Waals surface area (Å²) in [5, 5.41) is 10.3. The first-order valence-electron chi connectivity index (χ1n) is 6.30. The van der Waals surface area contributed by atoms with Gasteiger partial charge >= 0.3 is 0 Å². The molecule has 1 saturated heterocycles. The highest BCUT2D eigenvalue weighted by atomic mass is 35.5. The summed E-state index contributed by atoms with van der Waals surface area (Å²) in [5.41, 5.74) is 6.59. The summed E-state index contributed by atoms with van der Waals surface area (Å²) in [6, 6.07) is 7.93. The number of hydrogen-bond donors (Lipinski definition) is 2. The Bertz CT molecular complexity index is 380. The SMILES string of the molecule is NCC(O)CN1CCN(c2cccc(Cl)c2)CC1. The van der Waals surface area contributed by atoms with E-state index in [4.69, 9.17) is 17.3 Å². The number of aliphatic hydroxyl groups excluding tert-OH is 1. The summed E-state index contributed by atoms with van der Waals surface area (Å²) < 4.78 is 0. The molecule has 1 aromatic carbocycles. The van der Waals surface area contributed by atoms with Crippen LogP contribution in [0.5, 0.6) is 0 Å². The van der Waals surface area contributed by atoms with Gasteiger partial charge in [0.15, 0.2) is 0 Å². The third kappa shape index (κ3) is 3.59. The van der Waals surface area contributed by atoms with E-state index in [1.807, 2.05) is 18.2 Å². The lowest BCUT2D eigenvalue weighted by Crippen LogP contribution is -2.49. The highest BCUT2D eigenvalue weighted by Crippen LogP contribution is 2.20. The molecule has 0 spiro atoms. The average molecular weight is 270 g/mol. The second kappa shape index (κ2) is 6.38. The van der Waals surface area contributed by atoms with E-state index in [2.05, 4.69) is 15.9 Å². The van der Waals surface area contributed by atoms with Crippen LogP contribution in [0, 0.1) is 0 Å². The third-order valence-electron chi connectivity index (χ3n) is 3.29. The summed E-state index contributed by atoms with van der Waals surface area (Å²) in [7, 11) is 0. The highest BCUT2D eigenvalue weighted by molar-refractivity contribution is 6.30. The Morgan fingerprint density at radius 1 is 1.28 bits per heavy atom. The number of hydrogen-bond acceptors (Lipinski definition) is 4. The van der Waals surface area contributed by atoms with Crippen LogP contribution >= 0.6 is 11.6 Å². The van der Waals surface area contributed by atoms with Crippen LogP contribution in [-0.2, 0) is 0 Å². The molecule has 0 aromatic heterocycles. The second-order valence-corrected chi connectivity index (χ2v) is 5.09. The Hall–Kier alpha value is -0.810. The van der Waals surface area contributed by atoms with E-state index in [-0.39, 0.29) is 0 Å². The fraction of sp³-hybridized carbons (Fsp3) is 0.538. The van der Waals surface area contributed by atoms with Gasteiger partial charge in [0.2, 0.25) is 0 Å². The lowest BCUT2D eigenvalue weighted by molar-refractivity contribution is 0.115. The van der Waals surface area contributed by atoms with Crippen LogP contribution < -0.4 is 10.6 Å². The van der Waals surface area contributed by atoms with Gasteiger partial charge in [0.25, 0.3) is 0 Å². The maximum absolute atomic E-state index is 9.53. The molecular weight excluding hydrogens is 250 g/mol. The Morgan fingerprint density at radius 2 is 2.00 bits per heavy atom. The van der Waals surface area contributed by atoms with Crippen molar-refractivity contribution in [1.82, 2.24) is 4.90 Å². The predicted octanol–water partition coefficient (Wildman–Crippen LogP) is 0.782. The molecule has 0 amide bonds. The molecular formula is C13H20ClN3O. The quantitative estimate of drug-likeness (QED) is 0.848. The molecule has 1 unspecified atom stereocenters. The van der Waals surface area contributed by atoms with Gasteiger partial charge < -0.3 is 15.7 Å². The van der Waals surface area contributed by atoms with Gasteiger partial charge in [-0.2, -0.15) is 0 Å². The number of rotatable bonds is 4. The van der Waals surface area contributed by atoms with Crippen LogP contribution in [0.1, 0.15) is 0 Å². The number of halogens is 1. The van der Waals surface area contributed by atoms with E-state index in [1.54, 1.807) is 0 Å². The summed E-state index contributed by atoms with van der Waals surface area (Å²) in [6.45, 7) is 4.80. The molecule has 1 fully saturated rings. The minimum Gasteiger partial charge on any atom is -0.390 e. The van der Waals surface area contributed by atoms with Crippen molar-refractivity contribution in [3.05, 3.63) is 29.3 Å². The summed E-state index contributed by atoms with van der Waals surface area (Å²) in [4.78, 5) is 4.57. The van der Waals surface area contributed by atoms with Crippen LogP contribution in [0.15, 0.2) is 24.3 Å². The molecule has 2 rings (SSSR count). The largest absolute Gasteiger partial charge is 0.390 e. The smallest absolute Gasteiger partial charge is 0.0789 e. The lowest BCUT2D eigenvalue weighted by Gasteiger charge is -2.36. The number of nitrogens with zero attached hydrogens (tertiary/aromatic N) is 2. The first-order valence-corrected chi connectivity index (χ1v) is 6.68. The second-order valence-electron chi connectivity index (χ2n) is 4.66. The molecule has 0 radical (unpaired) electrons. The van der Waals surface area contributed by atoms with Gasteiger partial charge in [-0.15, -0.1) is 0 Å². The van der Waals surface area contributed by atoms with Crippen molar-refractivity contribution < 1.29 is 5.11 Å². The maximum atomic E-state index is 9.53. The normalized spacial score (nSPS) is 18.9. The number of aliphatic hydroxyl groups is 1. The minimum atomic E-state index is -0.414. The minimum absolute atomic E-state index is 0.328. The van der Waals surface area contributed by atoms with E-state index in [0.717, 1.165) is 31.2 Å². The van der Waals surface area contributed by atoms with Gasteiger partial charge in [-0.25, -0.2) is 0 Å². The Balaban J connectivity index is 1.87. The fourth-order valence-electron chi connectivity index (χ4n) is 2.23. The Labute approximate surface area is 113 Å². The zero-order valence-electron chi connectivity index (χ0n) is 10.4. The maximum Gasteiger partial charge on any atom is 0.0789 e. The van der Waals surface area contributed by atoms with E-state index in [0.29, 0.717) is 13.1 Å². The van der Waals surface area contributed by atoms with Crippen LogP contribution in [0.3, 0.4) is 0 Å². The summed E-state index contributed by atoms with van der Waals surface area (Å²) >= 11 is 6.00. The molecule has 100 valence electrons. The third-order valence-corrected chi connectivity index (χ3v) is 3.52. The molecule has 5 heteroatoms. The van der Waals surface area contributed by atoms with Crippen LogP contribution in [0.4, 0.5) is 5.69 Å². The summed E-state index contributed by atoms with van der Waals surface area (Å²) in [5.74, 6) is 0. The number of nitrogens with two attached hydrogens (primary N) is 1. The molecule has 1 heterocycles. The standard InChI is InChI=1S/C13H20ClN3O/c14-11-2-1-3-12(8-11)17-6-4-16(5-7-17)10-13(18)9-15/h1-3,8,13,18H,4-7,9-10,15H2. The summed E-state index contributed by atoms with van der Waals surface area (Å²) in [6.07, 6.45) is -0.414. The van der Waals surface area contributed by atoms with E-state index in [1.165, 1.54) is 5.69 Å². The molecule has 4 nitrogen and oxygen atoms in total. The molecule has 3 N–H and O–H groups in total. The molecule has 0 aliphatic carbocycles. The first-order chi connectivity index (χ1) is 8.69. The monoisotopic (exact) mass is 269 g/mol. The highest BCUT2D eigenvalue weighted by Gasteiger charge is 2.18. The van der Waals surface area contributed by atoms with Crippen LogP contribution in [0.2, 0.25) is 5.02 Å². The fourth-order valence-corrected chi connectivity index (χ4v) is 2.42. The molecule has 0 saturated carbocycles. The average Bonchev–Trinajstić information content (AvgIpc) is 2.39. The number of anilines is 1. The topological polar surface area (TPSA) is 52.7 Å². The molecule has 1 aromatic rings.